The summed E-state index contributed by atoms with van der Waals surface area (Å²) in [7, 11) is 1.57. The number of hydrogen-bond donors (Lipinski definition) is 2. The molecule has 0 spiro atoms. The highest BCUT2D eigenvalue weighted by Gasteiger charge is 2.06. The first-order valence-electron chi connectivity index (χ1n) is 6.84. The molecule has 0 aromatic heterocycles. The van der Waals surface area contributed by atoms with Crippen molar-refractivity contribution in [3.8, 4) is 5.75 Å². The van der Waals surface area contributed by atoms with Crippen LogP contribution in [0, 0.1) is 0 Å². The fourth-order valence-electron chi connectivity index (χ4n) is 2.02. The number of rotatable bonds is 6. The van der Waals surface area contributed by atoms with Crippen LogP contribution >= 0.6 is 0 Å². The molecule has 0 fully saturated rings. The van der Waals surface area contributed by atoms with Crippen molar-refractivity contribution in [1.29, 1.82) is 0 Å². The predicted molar refractivity (Wildman–Crippen MR) is 82.4 cm³/mol. The van der Waals surface area contributed by atoms with Gasteiger partial charge in [0.1, 0.15) is 5.75 Å². The first-order chi connectivity index (χ1) is 10.6. The second-order valence-corrected chi connectivity index (χ2v) is 4.74. The van der Waals surface area contributed by atoms with E-state index in [-0.39, 0.29) is 11.5 Å². The summed E-state index contributed by atoms with van der Waals surface area (Å²) < 4.78 is 5.04. The number of carbonyl (C=O) groups excluding carboxylic acids is 1. The van der Waals surface area contributed by atoms with Crippen LogP contribution in [-0.4, -0.2) is 30.6 Å². The number of nitrogens with one attached hydrogen (secondary N) is 1. The van der Waals surface area contributed by atoms with E-state index in [9.17, 15) is 9.59 Å². The van der Waals surface area contributed by atoms with Crippen molar-refractivity contribution in [3.05, 3.63) is 65.2 Å². The zero-order valence-electron chi connectivity index (χ0n) is 12.2. The number of amides is 1. The van der Waals surface area contributed by atoms with Crippen molar-refractivity contribution < 1.29 is 19.4 Å². The van der Waals surface area contributed by atoms with Gasteiger partial charge in [-0.05, 0) is 48.4 Å². The van der Waals surface area contributed by atoms with Gasteiger partial charge in [0, 0.05) is 12.1 Å². The number of ether oxygens (including phenoxy) is 1. The standard InChI is InChI=1S/C17H17NO4/c1-22-15-7-5-13(6-8-15)16(19)18-10-9-12-3-2-4-14(11-12)17(20)21/h2-8,11H,9-10H2,1H3,(H,18,19)(H,20,21). The monoisotopic (exact) mass is 299 g/mol. The molecule has 5 heteroatoms. The average Bonchev–Trinajstić information content (AvgIpc) is 2.55. The van der Waals surface area contributed by atoms with Crippen LogP contribution in [0.2, 0.25) is 0 Å². The molecule has 0 unspecified atom stereocenters. The molecule has 2 rings (SSSR count). The molecule has 0 aliphatic rings. The van der Waals surface area contributed by atoms with Crippen molar-refractivity contribution in [2.24, 2.45) is 0 Å². The molecule has 0 aliphatic heterocycles. The number of hydrogen-bond acceptors (Lipinski definition) is 3. The van der Waals surface area contributed by atoms with E-state index in [1.165, 1.54) is 0 Å². The van der Waals surface area contributed by atoms with E-state index in [0.717, 1.165) is 5.56 Å². The van der Waals surface area contributed by atoms with E-state index in [1.54, 1.807) is 49.6 Å². The van der Waals surface area contributed by atoms with Crippen LogP contribution in [0.5, 0.6) is 5.75 Å². The molecule has 22 heavy (non-hydrogen) atoms. The lowest BCUT2D eigenvalue weighted by atomic mass is 10.1. The van der Waals surface area contributed by atoms with Gasteiger partial charge in [-0.15, -0.1) is 0 Å². The molecular weight excluding hydrogens is 282 g/mol. The maximum absolute atomic E-state index is 12.0. The summed E-state index contributed by atoms with van der Waals surface area (Å²) in [6.45, 7) is 0.438. The van der Waals surface area contributed by atoms with Crippen LogP contribution in [0.1, 0.15) is 26.3 Å². The maximum atomic E-state index is 12.0. The molecular formula is C17H17NO4. The molecule has 5 nitrogen and oxygen atoms in total. The lowest BCUT2D eigenvalue weighted by Crippen LogP contribution is -2.25. The van der Waals surface area contributed by atoms with Crippen LogP contribution in [0.15, 0.2) is 48.5 Å². The molecule has 0 atom stereocenters. The summed E-state index contributed by atoms with van der Waals surface area (Å²) in [4.78, 5) is 22.9. The van der Waals surface area contributed by atoms with Crippen molar-refractivity contribution in [2.75, 3.05) is 13.7 Å². The van der Waals surface area contributed by atoms with E-state index >= 15 is 0 Å². The Hall–Kier alpha value is -2.82. The molecule has 1 amide bonds. The number of carbonyl (C=O) groups is 2. The molecule has 0 saturated carbocycles. The summed E-state index contributed by atoms with van der Waals surface area (Å²) in [6, 6.07) is 13.5. The van der Waals surface area contributed by atoms with Gasteiger partial charge in [-0.3, -0.25) is 4.79 Å². The Labute approximate surface area is 128 Å². The normalized spacial score (nSPS) is 10.0. The molecule has 0 saturated heterocycles. The lowest BCUT2D eigenvalue weighted by Gasteiger charge is -2.07. The third-order valence-corrected chi connectivity index (χ3v) is 3.23. The Morgan fingerprint density at radius 1 is 1.09 bits per heavy atom. The predicted octanol–water partition coefficient (Wildman–Crippen LogP) is 2.37. The smallest absolute Gasteiger partial charge is 0.335 e. The van der Waals surface area contributed by atoms with Crippen molar-refractivity contribution >= 4 is 11.9 Å². The quantitative estimate of drug-likeness (QED) is 0.858. The van der Waals surface area contributed by atoms with Crippen LogP contribution < -0.4 is 10.1 Å². The summed E-state index contributed by atoms with van der Waals surface area (Å²) in [5, 5.41) is 11.7. The summed E-state index contributed by atoms with van der Waals surface area (Å²) >= 11 is 0. The fraction of sp³-hybridized carbons (Fsp3) is 0.176. The molecule has 2 aromatic carbocycles. The minimum atomic E-state index is -0.955. The fourth-order valence-corrected chi connectivity index (χ4v) is 2.02. The van der Waals surface area contributed by atoms with Crippen LogP contribution in [0.25, 0.3) is 0 Å². The van der Waals surface area contributed by atoms with Crippen molar-refractivity contribution in [3.63, 3.8) is 0 Å². The van der Waals surface area contributed by atoms with Gasteiger partial charge >= 0.3 is 5.97 Å². The van der Waals surface area contributed by atoms with E-state index in [4.69, 9.17) is 9.84 Å². The van der Waals surface area contributed by atoms with Gasteiger partial charge in [0.15, 0.2) is 0 Å². The summed E-state index contributed by atoms with van der Waals surface area (Å²) in [6.07, 6.45) is 0.572. The number of methoxy groups -OCH3 is 1. The van der Waals surface area contributed by atoms with Gasteiger partial charge in [-0.25, -0.2) is 4.79 Å². The molecule has 2 aromatic rings. The Kier molecular flexibility index (Phi) is 5.14. The average molecular weight is 299 g/mol. The first kappa shape index (κ1) is 15.6. The summed E-state index contributed by atoms with van der Waals surface area (Å²) in [5.74, 6) is -0.428. The highest BCUT2D eigenvalue weighted by atomic mass is 16.5. The highest BCUT2D eigenvalue weighted by Crippen LogP contribution is 2.11. The number of benzene rings is 2. The van der Waals surface area contributed by atoms with Crippen molar-refractivity contribution in [2.45, 2.75) is 6.42 Å². The summed E-state index contributed by atoms with van der Waals surface area (Å²) in [5.41, 5.74) is 1.67. The Bertz CT molecular complexity index is 665. The van der Waals surface area contributed by atoms with Crippen LogP contribution in [-0.2, 0) is 6.42 Å². The lowest BCUT2D eigenvalue weighted by molar-refractivity contribution is 0.0696. The van der Waals surface area contributed by atoms with E-state index < -0.39 is 5.97 Å². The van der Waals surface area contributed by atoms with Gasteiger partial charge < -0.3 is 15.2 Å². The third kappa shape index (κ3) is 4.09. The molecule has 0 bridgehead atoms. The topological polar surface area (TPSA) is 75.6 Å². The zero-order valence-corrected chi connectivity index (χ0v) is 12.2. The van der Waals surface area contributed by atoms with Crippen LogP contribution in [0.4, 0.5) is 0 Å². The van der Waals surface area contributed by atoms with Gasteiger partial charge in [0.2, 0.25) is 0 Å². The first-order valence-corrected chi connectivity index (χ1v) is 6.84. The van der Waals surface area contributed by atoms with Gasteiger partial charge in [-0.1, -0.05) is 12.1 Å². The molecule has 0 aliphatic carbocycles. The SMILES string of the molecule is COc1ccc(C(=O)NCCc2cccc(C(=O)O)c2)cc1. The Morgan fingerprint density at radius 3 is 2.45 bits per heavy atom. The number of carboxylic acid groups (broad SMARTS) is 1. The molecule has 114 valence electrons. The molecule has 0 heterocycles. The van der Waals surface area contributed by atoms with E-state index in [1.807, 2.05) is 6.07 Å². The minimum absolute atomic E-state index is 0.169. The second-order valence-electron chi connectivity index (χ2n) is 4.74. The van der Waals surface area contributed by atoms with Crippen LogP contribution in [0.3, 0.4) is 0 Å². The second kappa shape index (κ2) is 7.26. The Balaban J connectivity index is 1.88. The minimum Gasteiger partial charge on any atom is -0.497 e. The van der Waals surface area contributed by atoms with Gasteiger partial charge in [-0.2, -0.15) is 0 Å². The Morgan fingerprint density at radius 2 is 1.82 bits per heavy atom. The third-order valence-electron chi connectivity index (χ3n) is 3.23. The molecule has 2 N–H and O–H groups in total. The largest absolute Gasteiger partial charge is 0.497 e. The van der Waals surface area contributed by atoms with E-state index in [0.29, 0.717) is 24.3 Å². The van der Waals surface area contributed by atoms with Gasteiger partial charge in [0.25, 0.3) is 5.91 Å². The number of aromatic carboxylic acids is 1. The van der Waals surface area contributed by atoms with E-state index in [2.05, 4.69) is 5.32 Å². The van der Waals surface area contributed by atoms with Crippen molar-refractivity contribution in [1.82, 2.24) is 5.32 Å². The zero-order chi connectivity index (χ0) is 15.9. The number of carboxylic acids is 1. The maximum Gasteiger partial charge on any atom is 0.335 e. The highest BCUT2D eigenvalue weighted by molar-refractivity contribution is 5.94. The molecule has 0 radical (unpaired) electrons. The van der Waals surface area contributed by atoms with Gasteiger partial charge in [0.05, 0.1) is 12.7 Å².